The predicted octanol–water partition coefficient (Wildman–Crippen LogP) is 5.06. The fraction of sp³-hybridized carbons (Fsp3) is 0.227. The summed E-state index contributed by atoms with van der Waals surface area (Å²) < 4.78 is 53.0. The van der Waals surface area contributed by atoms with Crippen LogP contribution in [0.1, 0.15) is 28.0 Å². The lowest BCUT2D eigenvalue weighted by Crippen LogP contribution is -2.17. The molecule has 1 N–H and O–H groups in total. The molecule has 1 aliphatic heterocycles. The molecule has 1 amide bonds. The van der Waals surface area contributed by atoms with E-state index in [2.05, 4.69) is 15.4 Å². The molecule has 0 aliphatic carbocycles. The van der Waals surface area contributed by atoms with Gasteiger partial charge in [-0.25, -0.2) is 9.50 Å². The summed E-state index contributed by atoms with van der Waals surface area (Å²) in [4.78, 5) is 18.7. The van der Waals surface area contributed by atoms with Gasteiger partial charge in [-0.05, 0) is 36.8 Å². The summed E-state index contributed by atoms with van der Waals surface area (Å²) in [5.74, 6) is 0.358. The summed E-state index contributed by atoms with van der Waals surface area (Å²) in [5.41, 5.74) is -0.693. The van der Waals surface area contributed by atoms with E-state index in [1.165, 1.54) is 17.4 Å². The second-order valence-corrected chi connectivity index (χ2v) is 8.42. The van der Waals surface area contributed by atoms with Crippen LogP contribution in [0.3, 0.4) is 0 Å². The first-order valence-corrected chi connectivity index (χ1v) is 10.9. The molecule has 1 aromatic carbocycles. The van der Waals surface area contributed by atoms with Gasteiger partial charge in [0.15, 0.2) is 28.5 Å². The molecule has 7 nitrogen and oxygen atoms in total. The van der Waals surface area contributed by atoms with E-state index in [-0.39, 0.29) is 17.0 Å². The Balaban J connectivity index is 1.50. The fourth-order valence-electron chi connectivity index (χ4n) is 3.44. The van der Waals surface area contributed by atoms with Gasteiger partial charge in [-0.15, -0.1) is 11.3 Å². The number of ether oxygens (including phenoxy) is 2. The smallest absolute Gasteiger partial charge is 0.433 e. The van der Waals surface area contributed by atoms with Crippen LogP contribution in [0.15, 0.2) is 42.5 Å². The number of thiophene rings is 1. The van der Waals surface area contributed by atoms with E-state index < -0.39 is 17.8 Å². The van der Waals surface area contributed by atoms with Crippen molar-refractivity contribution in [2.45, 2.75) is 19.5 Å². The number of anilines is 1. The number of alkyl halides is 3. The van der Waals surface area contributed by atoms with Gasteiger partial charge in [0.1, 0.15) is 13.2 Å². The molecule has 0 fully saturated rings. The number of benzene rings is 1. The normalized spacial score (nSPS) is 13.3. The van der Waals surface area contributed by atoms with Gasteiger partial charge >= 0.3 is 6.18 Å². The number of aryl methyl sites for hydroxylation is 1. The van der Waals surface area contributed by atoms with Gasteiger partial charge < -0.3 is 14.8 Å². The van der Waals surface area contributed by atoms with E-state index >= 15 is 0 Å². The minimum atomic E-state index is -4.68. The highest BCUT2D eigenvalue weighted by Gasteiger charge is 2.36. The summed E-state index contributed by atoms with van der Waals surface area (Å²) in [6.45, 7) is 2.79. The summed E-state index contributed by atoms with van der Waals surface area (Å²) in [5, 5.41) is 6.52. The average molecular weight is 474 g/mol. The molecule has 0 radical (unpaired) electrons. The molecule has 4 aromatic rings. The van der Waals surface area contributed by atoms with Gasteiger partial charge in [0.05, 0.1) is 10.6 Å². The number of carbonyl (C=O) groups is 1. The van der Waals surface area contributed by atoms with E-state index in [1.54, 1.807) is 24.3 Å². The number of nitrogens with one attached hydrogen (secondary N) is 1. The fourth-order valence-corrected chi connectivity index (χ4v) is 4.34. The second kappa shape index (κ2) is 8.07. The number of nitrogens with zero attached hydrogens (tertiary/aromatic N) is 3. The van der Waals surface area contributed by atoms with E-state index in [0.717, 1.165) is 17.4 Å². The van der Waals surface area contributed by atoms with Gasteiger partial charge in [-0.3, -0.25) is 4.79 Å². The molecule has 11 heteroatoms. The summed E-state index contributed by atoms with van der Waals surface area (Å²) in [7, 11) is 0. The number of rotatable bonds is 4. The zero-order chi connectivity index (χ0) is 23.2. The summed E-state index contributed by atoms with van der Waals surface area (Å²) >= 11 is 1.38. The van der Waals surface area contributed by atoms with Crippen LogP contribution in [0, 0.1) is 0 Å². The predicted molar refractivity (Wildman–Crippen MR) is 116 cm³/mol. The van der Waals surface area contributed by atoms with Crippen molar-refractivity contribution >= 4 is 28.6 Å². The van der Waals surface area contributed by atoms with E-state index in [4.69, 9.17) is 9.47 Å². The zero-order valence-electron chi connectivity index (χ0n) is 17.3. The van der Waals surface area contributed by atoms with Crippen molar-refractivity contribution in [3.05, 3.63) is 58.7 Å². The van der Waals surface area contributed by atoms with Gasteiger partial charge in [-0.1, -0.05) is 6.92 Å². The van der Waals surface area contributed by atoms with Crippen molar-refractivity contribution in [2.75, 3.05) is 18.5 Å². The molecule has 3 aromatic heterocycles. The number of aromatic nitrogens is 3. The molecule has 170 valence electrons. The van der Waals surface area contributed by atoms with Gasteiger partial charge in [0.25, 0.3) is 5.91 Å². The lowest BCUT2D eigenvalue weighted by atomic mass is 10.2. The Kier molecular flexibility index (Phi) is 5.20. The number of fused-ring (bicyclic) bond motifs is 2. The van der Waals surface area contributed by atoms with Crippen molar-refractivity contribution in [3.8, 4) is 22.1 Å². The maximum Gasteiger partial charge on any atom is 0.433 e. The van der Waals surface area contributed by atoms with Crippen LogP contribution in [0.5, 0.6) is 11.5 Å². The summed E-state index contributed by atoms with van der Waals surface area (Å²) in [6, 6.07) is 10.6. The largest absolute Gasteiger partial charge is 0.486 e. The third-order valence-corrected chi connectivity index (χ3v) is 6.26. The highest BCUT2D eigenvalue weighted by molar-refractivity contribution is 7.15. The SMILES string of the molecule is CCc1ccc(-c2cc(C(F)(F)F)n3nc(C(=O)Nc4ccc5c(c4)OCCO5)cc3n2)s1. The van der Waals surface area contributed by atoms with Crippen molar-refractivity contribution in [2.24, 2.45) is 0 Å². The molecule has 4 heterocycles. The van der Waals surface area contributed by atoms with Gasteiger partial charge in [0, 0.05) is 22.7 Å². The molecule has 0 atom stereocenters. The van der Waals surface area contributed by atoms with Crippen LogP contribution in [0.25, 0.3) is 16.2 Å². The standard InChI is InChI=1S/C22H17F3N4O3S/c1-2-13-4-6-18(33-13)14-10-19(22(23,24)25)29-20(27-14)11-15(28-29)21(30)26-12-3-5-16-17(9-12)32-8-7-31-16/h3-6,9-11H,2,7-8H2,1H3,(H,26,30). The Morgan fingerprint density at radius 3 is 2.64 bits per heavy atom. The molecule has 1 aliphatic rings. The summed E-state index contributed by atoms with van der Waals surface area (Å²) in [6.07, 6.45) is -3.91. The highest BCUT2D eigenvalue weighted by atomic mass is 32.1. The van der Waals surface area contributed by atoms with Crippen LogP contribution in [0.2, 0.25) is 0 Å². The third-order valence-electron chi connectivity index (χ3n) is 5.01. The minimum absolute atomic E-state index is 0.0707. The molecule has 0 unspecified atom stereocenters. The number of carbonyl (C=O) groups excluding carboxylic acids is 1. The Morgan fingerprint density at radius 1 is 1.12 bits per heavy atom. The third kappa shape index (κ3) is 4.11. The molecular formula is C22H17F3N4O3S. The van der Waals surface area contributed by atoms with Crippen LogP contribution >= 0.6 is 11.3 Å². The van der Waals surface area contributed by atoms with Crippen molar-refractivity contribution < 1.29 is 27.4 Å². The van der Waals surface area contributed by atoms with E-state index in [9.17, 15) is 18.0 Å². The Labute approximate surface area is 189 Å². The van der Waals surface area contributed by atoms with Crippen LogP contribution in [-0.2, 0) is 12.6 Å². The number of hydrogen-bond donors (Lipinski definition) is 1. The van der Waals surface area contributed by atoms with Crippen molar-refractivity contribution in [1.82, 2.24) is 14.6 Å². The molecule has 33 heavy (non-hydrogen) atoms. The number of halogens is 3. The molecular weight excluding hydrogens is 457 g/mol. The van der Waals surface area contributed by atoms with E-state index in [0.29, 0.717) is 39.8 Å². The first kappa shape index (κ1) is 21.3. The van der Waals surface area contributed by atoms with Crippen molar-refractivity contribution in [1.29, 1.82) is 0 Å². The highest BCUT2D eigenvalue weighted by Crippen LogP contribution is 2.35. The number of amides is 1. The Morgan fingerprint density at radius 2 is 1.91 bits per heavy atom. The lowest BCUT2D eigenvalue weighted by Gasteiger charge is -2.18. The van der Waals surface area contributed by atoms with Crippen molar-refractivity contribution in [3.63, 3.8) is 0 Å². The van der Waals surface area contributed by atoms with Gasteiger partial charge in [-0.2, -0.15) is 18.3 Å². The van der Waals surface area contributed by atoms with Crippen LogP contribution in [-0.4, -0.2) is 33.7 Å². The molecule has 0 saturated heterocycles. The Hall–Kier alpha value is -3.60. The number of hydrogen-bond acceptors (Lipinski definition) is 6. The van der Waals surface area contributed by atoms with Crippen LogP contribution in [0.4, 0.5) is 18.9 Å². The molecule has 0 bridgehead atoms. The molecule has 5 rings (SSSR count). The van der Waals surface area contributed by atoms with Crippen LogP contribution < -0.4 is 14.8 Å². The molecule has 0 spiro atoms. The Bertz CT molecular complexity index is 1360. The maximum atomic E-state index is 13.8. The average Bonchev–Trinajstić information content (AvgIpc) is 3.44. The quantitative estimate of drug-likeness (QED) is 0.447. The van der Waals surface area contributed by atoms with Gasteiger partial charge in [0.2, 0.25) is 0 Å². The first-order valence-electron chi connectivity index (χ1n) is 10.1. The zero-order valence-corrected chi connectivity index (χ0v) is 18.1. The topological polar surface area (TPSA) is 77.8 Å². The maximum absolute atomic E-state index is 13.8. The second-order valence-electron chi connectivity index (χ2n) is 7.26. The monoisotopic (exact) mass is 474 g/mol. The molecule has 0 saturated carbocycles. The minimum Gasteiger partial charge on any atom is -0.486 e. The van der Waals surface area contributed by atoms with E-state index in [1.807, 2.05) is 13.0 Å². The first-order chi connectivity index (χ1) is 15.8. The lowest BCUT2D eigenvalue weighted by molar-refractivity contribution is -0.142.